The second-order valence-corrected chi connectivity index (χ2v) is 7.64. The molecule has 0 spiro atoms. The normalized spacial score (nSPS) is 19.7. The van der Waals surface area contributed by atoms with Crippen molar-refractivity contribution in [3.63, 3.8) is 0 Å². The predicted octanol–water partition coefficient (Wildman–Crippen LogP) is 1.55. The van der Waals surface area contributed by atoms with Crippen LogP contribution in [0.15, 0.2) is 0 Å². The molecule has 0 bridgehead atoms. The molecule has 132 valence electrons. The lowest BCUT2D eigenvalue weighted by molar-refractivity contribution is -0.145. The molecular formula is C14H22F2N2O4S. The Hall–Kier alpha value is -1.38. The molecule has 0 aliphatic carbocycles. The number of amides is 2. The summed E-state index contributed by atoms with van der Waals surface area (Å²) in [7, 11) is 0. The Morgan fingerprint density at radius 1 is 1.35 bits per heavy atom. The van der Waals surface area contributed by atoms with Crippen LogP contribution in [0.5, 0.6) is 0 Å². The van der Waals surface area contributed by atoms with Crippen LogP contribution < -0.4 is 5.32 Å². The summed E-state index contributed by atoms with van der Waals surface area (Å²) in [6, 6.07) is -2.48. The van der Waals surface area contributed by atoms with Gasteiger partial charge in [-0.05, 0) is 5.41 Å². The Kier molecular flexibility index (Phi) is 6.79. The van der Waals surface area contributed by atoms with Gasteiger partial charge < -0.3 is 15.3 Å². The topological polar surface area (TPSA) is 86.7 Å². The van der Waals surface area contributed by atoms with Crippen molar-refractivity contribution in [2.24, 2.45) is 5.41 Å². The van der Waals surface area contributed by atoms with Crippen molar-refractivity contribution in [2.45, 2.75) is 52.1 Å². The van der Waals surface area contributed by atoms with E-state index >= 15 is 0 Å². The quantitative estimate of drug-likeness (QED) is 0.757. The summed E-state index contributed by atoms with van der Waals surface area (Å²) < 4.78 is 24.8. The fourth-order valence-electron chi connectivity index (χ4n) is 2.13. The fourth-order valence-corrected chi connectivity index (χ4v) is 3.31. The minimum atomic E-state index is -2.84. The minimum absolute atomic E-state index is 0.205. The molecule has 2 amide bonds. The summed E-state index contributed by atoms with van der Waals surface area (Å²) in [6.45, 7) is 5.69. The lowest BCUT2D eigenvalue weighted by atomic mass is 9.91. The highest BCUT2D eigenvalue weighted by atomic mass is 32.2. The second kappa shape index (κ2) is 7.94. The molecule has 0 aromatic heterocycles. The Labute approximate surface area is 138 Å². The predicted molar refractivity (Wildman–Crippen MR) is 82.2 cm³/mol. The number of aliphatic carboxylic acids is 1. The van der Waals surface area contributed by atoms with E-state index in [1.54, 1.807) is 0 Å². The van der Waals surface area contributed by atoms with Crippen LogP contribution in [0.3, 0.4) is 0 Å². The first-order valence-electron chi connectivity index (χ1n) is 7.20. The van der Waals surface area contributed by atoms with E-state index in [9.17, 15) is 23.2 Å². The summed E-state index contributed by atoms with van der Waals surface area (Å²) in [5.74, 6) is -1.77. The molecule has 1 aliphatic rings. The lowest BCUT2D eigenvalue weighted by Gasteiger charge is -2.27. The number of rotatable bonds is 6. The van der Waals surface area contributed by atoms with Gasteiger partial charge in [-0.2, -0.15) is 0 Å². The summed E-state index contributed by atoms with van der Waals surface area (Å²) in [6.07, 6.45) is -3.55. The first-order valence-corrected chi connectivity index (χ1v) is 8.35. The van der Waals surface area contributed by atoms with E-state index in [-0.39, 0.29) is 17.7 Å². The molecule has 1 saturated heterocycles. The van der Waals surface area contributed by atoms with E-state index < -0.39 is 36.8 Å². The molecule has 9 heteroatoms. The van der Waals surface area contributed by atoms with E-state index in [0.717, 1.165) is 0 Å². The first kappa shape index (κ1) is 19.7. The Morgan fingerprint density at radius 2 is 1.96 bits per heavy atom. The monoisotopic (exact) mass is 352 g/mol. The largest absolute Gasteiger partial charge is 0.480 e. The number of hydrogen-bond acceptors (Lipinski definition) is 4. The maximum Gasteiger partial charge on any atom is 0.326 e. The number of thioether (sulfide) groups is 1. The summed E-state index contributed by atoms with van der Waals surface area (Å²) >= 11 is 1.37. The molecule has 1 fully saturated rings. The highest BCUT2D eigenvalue weighted by Crippen LogP contribution is 2.26. The molecular weight excluding hydrogens is 330 g/mol. The Balaban J connectivity index is 2.73. The number of hydrogen-bond donors (Lipinski definition) is 2. The number of halogens is 2. The molecule has 1 heterocycles. The first-order chi connectivity index (χ1) is 10.5. The number of carbonyl (C=O) groups is 3. The molecule has 1 rings (SSSR count). The van der Waals surface area contributed by atoms with Gasteiger partial charge in [0.15, 0.2) is 0 Å². The van der Waals surface area contributed by atoms with Crippen LogP contribution in [0.25, 0.3) is 0 Å². The third-order valence-corrected chi connectivity index (χ3v) is 4.23. The summed E-state index contributed by atoms with van der Waals surface area (Å²) in [4.78, 5) is 36.8. The zero-order valence-electron chi connectivity index (χ0n) is 13.3. The van der Waals surface area contributed by atoms with Crippen molar-refractivity contribution in [1.82, 2.24) is 10.2 Å². The number of nitrogens with zero attached hydrogens (tertiary/aromatic N) is 1. The van der Waals surface area contributed by atoms with Gasteiger partial charge in [-0.3, -0.25) is 9.59 Å². The molecule has 0 radical (unpaired) electrons. The van der Waals surface area contributed by atoms with Gasteiger partial charge in [0.1, 0.15) is 12.1 Å². The zero-order valence-corrected chi connectivity index (χ0v) is 14.2. The van der Waals surface area contributed by atoms with Gasteiger partial charge in [-0.25, -0.2) is 13.6 Å². The van der Waals surface area contributed by atoms with Crippen LogP contribution in [0.2, 0.25) is 0 Å². The molecule has 0 aromatic carbocycles. The molecule has 0 aromatic rings. The van der Waals surface area contributed by atoms with Crippen molar-refractivity contribution in [2.75, 3.05) is 11.6 Å². The highest BCUT2D eigenvalue weighted by Gasteiger charge is 2.37. The van der Waals surface area contributed by atoms with E-state index in [1.807, 2.05) is 20.8 Å². The molecule has 2 atom stereocenters. The molecule has 6 nitrogen and oxygen atoms in total. The zero-order chi connectivity index (χ0) is 17.8. The van der Waals surface area contributed by atoms with Crippen molar-refractivity contribution < 1.29 is 28.3 Å². The minimum Gasteiger partial charge on any atom is -0.480 e. The van der Waals surface area contributed by atoms with E-state index in [2.05, 4.69) is 5.32 Å². The van der Waals surface area contributed by atoms with Crippen LogP contribution in [0.4, 0.5) is 8.78 Å². The van der Waals surface area contributed by atoms with Crippen molar-refractivity contribution in [1.29, 1.82) is 0 Å². The van der Waals surface area contributed by atoms with Crippen molar-refractivity contribution >= 4 is 29.5 Å². The number of carboxylic acid groups (broad SMARTS) is 1. The number of alkyl halides is 2. The number of nitrogens with one attached hydrogen (secondary N) is 1. The van der Waals surface area contributed by atoms with E-state index in [0.29, 0.717) is 11.6 Å². The van der Waals surface area contributed by atoms with Crippen LogP contribution in [0, 0.1) is 5.41 Å². The average Bonchev–Trinajstić information content (AvgIpc) is 2.84. The van der Waals surface area contributed by atoms with Gasteiger partial charge in [0, 0.05) is 18.6 Å². The van der Waals surface area contributed by atoms with E-state index in [1.165, 1.54) is 16.7 Å². The molecule has 1 aliphatic heterocycles. The number of carbonyl (C=O) groups excluding carboxylic acids is 2. The van der Waals surface area contributed by atoms with E-state index in [4.69, 9.17) is 5.11 Å². The van der Waals surface area contributed by atoms with Gasteiger partial charge in [0.2, 0.25) is 18.2 Å². The fraction of sp³-hybridized carbons (Fsp3) is 0.786. The van der Waals surface area contributed by atoms with Gasteiger partial charge >= 0.3 is 5.97 Å². The van der Waals surface area contributed by atoms with Gasteiger partial charge in [-0.15, -0.1) is 11.8 Å². The van der Waals surface area contributed by atoms with Crippen LogP contribution in [0.1, 0.15) is 33.6 Å². The van der Waals surface area contributed by atoms with Crippen LogP contribution >= 0.6 is 11.8 Å². The van der Waals surface area contributed by atoms with Crippen molar-refractivity contribution in [3.05, 3.63) is 0 Å². The standard InChI is InChI=1S/C14H22F2N2O4S/c1-14(2,3)5-11(19)18-7-23-6-9(18)12(20)17-8(13(21)22)4-10(15)16/h8-10H,4-7H2,1-3H3,(H,17,20)(H,21,22). The lowest BCUT2D eigenvalue weighted by Crippen LogP contribution is -2.52. The molecule has 23 heavy (non-hydrogen) atoms. The third-order valence-electron chi connectivity index (χ3n) is 3.22. The van der Waals surface area contributed by atoms with Crippen LogP contribution in [-0.2, 0) is 14.4 Å². The van der Waals surface area contributed by atoms with Gasteiger partial charge in [-0.1, -0.05) is 20.8 Å². The molecule has 2 N–H and O–H groups in total. The molecule has 2 unspecified atom stereocenters. The van der Waals surface area contributed by atoms with Gasteiger partial charge in [0.25, 0.3) is 0 Å². The number of carboxylic acids is 1. The van der Waals surface area contributed by atoms with Crippen LogP contribution in [-0.4, -0.2) is 57.9 Å². The van der Waals surface area contributed by atoms with Crippen molar-refractivity contribution in [3.8, 4) is 0 Å². The second-order valence-electron chi connectivity index (χ2n) is 6.64. The third kappa shape index (κ3) is 6.32. The maximum atomic E-state index is 12.4. The van der Waals surface area contributed by atoms with Gasteiger partial charge in [0.05, 0.1) is 5.88 Å². The highest BCUT2D eigenvalue weighted by molar-refractivity contribution is 7.99. The molecule has 0 saturated carbocycles. The summed E-state index contributed by atoms with van der Waals surface area (Å²) in [5.41, 5.74) is -0.245. The average molecular weight is 352 g/mol. The SMILES string of the molecule is CC(C)(C)CC(=O)N1CSCC1C(=O)NC(CC(F)F)C(=O)O. The maximum absolute atomic E-state index is 12.4. The Bertz CT molecular complexity index is 468. The Morgan fingerprint density at radius 3 is 2.43 bits per heavy atom. The smallest absolute Gasteiger partial charge is 0.326 e. The summed E-state index contributed by atoms with van der Waals surface area (Å²) in [5, 5.41) is 11.0.